The number of ether oxygens (including phenoxy) is 1. The zero-order chi connectivity index (χ0) is 11.3. The maximum absolute atomic E-state index is 11.6. The van der Waals surface area contributed by atoms with Crippen LogP contribution in [0.25, 0.3) is 6.08 Å². The van der Waals surface area contributed by atoms with Gasteiger partial charge in [-0.25, -0.2) is 0 Å². The van der Waals surface area contributed by atoms with E-state index in [0.29, 0.717) is 5.92 Å². The summed E-state index contributed by atoms with van der Waals surface area (Å²) in [5.41, 5.74) is 3.91. The first-order valence-corrected chi connectivity index (χ1v) is 5.72. The molecule has 0 heterocycles. The first-order valence-electron chi connectivity index (χ1n) is 5.72. The zero-order valence-corrected chi connectivity index (χ0v) is 9.49. The Morgan fingerprint density at radius 2 is 2.25 bits per heavy atom. The van der Waals surface area contributed by atoms with E-state index in [0.717, 1.165) is 12.2 Å². The highest BCUT2D eigenvalue weighted by Gasteiger charge is 2.40. The molecule has 16 heavy (non-hydrogen) atoms. The highest BCUT2D eigenvalue weighted by atomic mass is 16.5. The van der Waals surface area contributed by atoms with Crippen molar-refractivity contribution < 1.29 is 9.53 Å². The number of rotatable bonds is 2. The second kappa shape index (κ2) is 3.21. The van der Waals surface area contributed by atoms with E-state index in [2.05, 4.69) is 12.1 Å². The molecule has 3 rings (SSSR count). The molecule has 1 aromatic carbocycles. The van der Waals surface area contributed by atoms with Crippen LogP contribution in [-0.4, -0.2) is 5.97 Å². The number of hydrogen-bond donors (Lipinski definition) is 0. The number of allylic oxidation sites excluding steroid dienone is 1. The number of hydrogen-bond acceptors (Lipinski definition) is 2. The van der Waals surface area contributed by atoms with Gasteiger partial charge >= 0.3 is 5.97 Å². The van der Waals surface area contributed by atoms with E-state index in [1.54, 1.807) is 0 Å². The molecular weight excluding hydrogens is 200 g/mol. The lowest BCUT2D eigenvalue weighted by Crippen LogP contribution is -2.15. The van der Waals surface area contributed by atoms with Gasteiger partial charge in [-0.3, -0.25) is 4.79 Å². The van der Waals surface area contributed by atoms with Gasteiger partial charge in [-0.2, -0.15) is 0 Å². The van der Waals surface area contributed by atoms with E-state index in [9.17, 15) is 4.79 Å². The Bertz CT molecular complexity index is 497. The standard InChI is InChI=1S/C14H14O2/c1-8(2)14(15)16-12-5-3-4-9-6-10-7-11(10)13(9)12/h3-6,8,11H,7H2,1-2H3. The second-order valence-corrected chi connectivity index (χ2v) is 4.81. The Kier molecular flexibility index (Phi) is 1.93. The minimum Gasteiger partial charge on any atom is -0.426 e. The van der Waals surface area contributed by atoms with Crippen LogP contribution in [0.15, 0.2) is 23.8 Å². The van der Waals surface area contributed by atoms with Crippen LogP contribution < -0.4 is 4.74 Å². The molecule has 1 fully saturated rings. The van der Waals surface area contributed by atoms with Crippen LogP contribution in [0.2, 0.25) is 0 Å². The molecule has 0 amide bonds. The van der Waals surface area contributed by atoms with Crippen LogP contribution in [0, 0.1) is 5.92 Å². The Morgan fingerprint density at radius 3 is 3.00 bits per heavy atom. The lowest BCUT2D eigenvalue weighted by molar-refractivity contribution is -0.137. The van der Waals surface area contributed by atoms with Crippen molar-refractivity contribution in [2.24, 2.45) is 5.92 Å². The molecule has 2 heteroatoms. The van der Waals surface area contributed by atoms with Crippen molar-refractivity contribution >= 4 is 12.0 Å². The Morgan fingerprint density at radius 1 is 1.44 bits per heavy atom. The van der Waals surface area contributed by atoms with E-state index < -0.39 is 0 Å². The molecule has 1 aromatic rings. The molecule has 2 aliphatic rings. The van der Waals surface area contributed by atoms with Crippen molar-refractivity contribution in [3.05, 3.63) is 34.9 Å². The minimum absolute atomic E-state index is 0.0797. The van der Waals surface area contributed by atoms with Crippen molar-refractivity contribution in [3.8, 4) is 5.75 Å². The van der Waals surface area contributed by atoms with Crippen LogP contribution in [0.3, 0.4) is 0 Å². The number of fused-ring (bicyclic) bond motifs is 3. The summed E-state index contributed by atoms with van der Waals surface area (Å²) >= 11 is 0. The van der Waals surface area contributed by atoms with E-state index in [4.69, 9.17) is 4.74 Å². The van der Waals surface area contributed by atoms with Gasteiger partial charge in [0, 0.05) is 11.5 Å². The Balaban J connectivity index is 1.93. The maximum Gasteiger partial charge on any atom is 0.313 e. The first kappa shape index (κ1) is 9.64. The van der Waals surface area contributed by atoms with Crippen LogP contribution in [0.5, 0.6) is 5.75 Å². The summed E-state index contributed by atoms with van der Waals surface area (Å²) in [5, 5.41) is 0. The number of esters is 1. The molecule has 0 aromatic heterocycles. The molecule has 1 unspecified atom stereocenters. The summed E-state index contributed by atoms with van der Waals surface area (Å²) in [6.07, 6.45) is 3.36. The summed E-state index contributed by atoms with van der Waals surface area (Å²) in [6.45, 7) is 3.71. The molecule has 82 valence electrons. The highest BCUT2D eigenvalue weighted by Crippen LogP contribution is 2.57. The van der Waals surface area contributed by atoms with Crippen molar-refractivity contribution in [2.45, 2.75) is 26.2 Å². The summed E-state index contributed by atoms with van der Waals surface area (Å²) in [6, 6.07) is 5.93. The second-order valence-electron chi connectivity index (χ2n) is 4.81. The van der Waals surface area contributed by atoms with Gasteiger partial charge in [-0.1, -0.05) is 37.6 Å². The molecule has 2 nitrogen and oxygen atoms in total. The van der Waals surface area contributed by atoms with Gasteiger partial charge in [0.1, 0.15) is 5.75 Å². The smallest absolute Gasteiger partial charge is 0.313 e. The zero-order valence-electron chi connectivity index (χ0n) is 9.49. The van der Waals surface area contributed by atoms with Gasteiger partial charge in [-0.05, 0) is 18.1 Å². The van der Waals surface area contributed by atoms with Crippen molar-refractivity contribution in [2.75, 3.05) is 0 Å². The molecule has 0 N–H and O–H groups in total. The third-order valence-electron chi connectivity index (χ3n) is 3.20. The fourth-order valence-corrected chi connectivity index (χ4v) is 2.20. The third kappa shape index (κ3) is 1.37. The molecule has 1 saturated carbocycles. The van der Waals surface area contributed by atoms with Crippen LogP contribution in [-0.2, 0) is 4.79 Å². The molecule has 1 atom stereocenters. The molecule has 2 aliphatic carbocycles. The van der Waals surface area contributed by atoms with Crippen LogP contribution in [0.1, 0.15) is 37.3 Å². The molecule has 0 radical (unpaired) electrons. The van der Waals surface area contributed by atoms with Gasteiger partial charge in [0.25, 0.3) is 0 Å². The lowest BCUT2D eigenvalue weighted by atomic mass is 10.1. The summed E-state index contributed by atoms with van der Waals surface area (Å²) < 4.78 is 5.44. The maximum atomic E-state index is 11.6. The summed E-state index contributed by atoms with van der Waals surface area (Å²) in [7, 11) is 0. The monoisotopic (exact) mass is 214 g/mol. The average Bonchev–Trinajstić information content (AvgIpc) is 2.90. The molecule has 0 saturated heterocycles. The van der Waals surface area contributed by atoms with Crippen molar-refractivity contribution in [3.63, 3.8) is 0 Å². The minimum atomic E-state index is -0.150. The predicted octanol–water partition coefficient (Wildman–Crippen LogP) is 3.13. The molecular formula is C14H14O2. The normalized spacial score (nSPS) is 20.2. The first-order chi connectivity index (χ1) is 7.66. The number of carbonyl (C=O) groups is 1. The number of benzene rings is 1. The summed E-state index contributed by atoms with van der Waals surface area (Å²) in [4.78, 5) is 11.6. The van der Waals surface area contributed by atoms with Gasteiger partial charge in [-0.15, -0.1) is 0 Å². The quantitative estimate of drug-likeness (QED) is 0.558. The average molecular weight is 214 g/mol. The van der Waals surface area contributed by atoms with Gasteiger partial charge in [0.15, 0.2) is 0 Å². The van der Waals surface area contributed by atoms with Gasteiger partial charge in [0.2, 0.25) is 0 Å². The molecule has 0 aliphatic heterocycles. The third-order valence-corrected chi connectivity index (χ3v) is 3.20. The van der Waals surface area contributed by atoms with E-state index in [1.807, 2.05) is 26.0 Å². The van der Waals surface area contributed by atoms with Crippen LogP contribution in [0.4, 0.5) is 0 Å². The van der Waals surface area contributed by atoms with Gasteiger partial charge < -0.3 is 4.74 Å². The largest absolute Gasteiger partial charge is 0.426 e. The van der Waals surface area contributed by atoms with E-state index in [1.165, 1.54) is 16.7 Å². The summed E-state index contributed by atoms with van der Waals surface area (Å²) in [5.74, 6) is 1.06. The van der Waals surface area contributed by atoms with Crippen molar-refractivity contribution in [1.82, 2.24) is 0 Å². The van der Waals surface area contributed by atoms with Crippen LogP contribution >= 0.6 is 0 Å². The fraction of sp³-hybridized carbons (Fsp3) is 0.357. The van der Waals surface area contributed by atoms with Gasteiger partial charge in [0.05, 0.1) is 5.92 Å². The predicted molar refractivity (Wildman–Crippen MR) is 62.3 cm³/mol. The Hall–Kier alpha value is -1.57. The Labute approximate surface area is 94.9 Å². The van der Waals surface area contributed by atoms with E-state index >= 15 is 0 Å². The van der Waals surface area contributed by atoms with E-state index in [-0.39, 0.29) is 11.9 Å². The lowest BCUT2D eigenvalue weighted by Gasteiger charge is -2.11. The molecule has 0 spiro atoms. The topological polar surface area (TPSA) is 26.3 Å². The SMILES string of the molecule is CC(C)C(=O)Oc1cccc2c1C1CC1=C2. The molecule has 0 bridgehead atoms. The number of carbonyl (C=O) groups excluding carboxylic acids is 1. The highest BCUT2D eigenvalue weighted by molar-refractivity contribution is 5.79. The fourth-order valence-electron chi connectivity index (χ4n) is 2.20. The van der Waals surface area contributed by atoms with Crippen molar-refractivity contribution in [1.29, 1.82) is 0 Å².